The Labute approximate surface area is 244 Å². The number of hydrogen-bond donors (Lipinski definition) is 2. The van der Waals surface area contributed by atoms with Crippen LogP contribution in [0.1, 0.15) is 59.4 Å². The summed E-state index contributed by atoms with van der Waals surface area (Å²) in [5, 5.41) is 7.50. The molecule has 1 saturated heterocycles. The fourth-order valence-corrected chi connectivity index (χ4v) is 5.39. The molecule has 2 heterocycles. The number of anilines is 1. The maximum atomic E-state index is 14.0. The van der Waals surface area contributed by atoms with Crippen molar-refractivity contribution in [2.75, 3.05) is 38.8 Å². The van der Waals surface area contributed by atoms with Crippen LogP contribution in [0.2, 0.25) is 0 Å². The average Bonchev–Trinajstić information content (AvgIpc) is 3.72. The predicted octanol–water partition coefficient (Wildman–Crippen LogP) is 4.69. The summed E-state index contributed by atoms with van der Waals surface area (Å²) in [7, 11) is 3.05. The van der Waals surface area contributed by atoms with Gasteiger partial charge in [0.1, 0.15) is 6.04 Å². The molecule has 9 nitrogen and oxygen atoms in total. The van der Waals surface area contributed by atoms with Crippen LogP contribution in [0.3, 0.4) is 0 Å². The van der Waals surface area contributed by atoms with Crippen molar-refractivity contribution in [3.8, 4) is 11.5 Å². The highest BCUT2D eigenvalue weighted by Gasteiger charge is 2.34. The maximum absolute atomic E-state index is 14.0. The fraction of sp³-hybridized carbons (Fsp3) is 0.387. The number of ether oxygens (including phenoxy) is 3. The van der Waals surface area contributed by atoms with E-state index in [2.05, 4.69) is 24.5 Å². The summed E-state index contributed by atoms with van der Waals surface area (Å²) in [6, 6.07) is 15.1. The summed E-state index contributed by atoms with van der Waals surface area (Å²) < 4.78 is 16.6. The molecule has 218 valence electrons. The second-order valence-electron chi connectivity index (χ2n) is 10.1. The van der Waals surface area contributed by atoms with Crippen molar-refractivity contribution in [1.82, 2.24) is 10.6 Å². The van der Waals surface area contributed by atoms with Gasteiger partial charge in [-0.1, -0.05) is 38.1 Å². The second kappa shape index (κ2) is 14.1. The molecule has 1 fully saturated rings. The van der Waals surface area contributed by atoms with Gasteiger partial charge in [0.25, 0.3) is 5.91 Å². The summed E-state index contributed by atoms with van der Waals surface area (Å²) in [5.41, 5.74) is 2.15. The summed E-state index contributed by atoms with van der Waals surface area (Å²) in [6.07, 6.45) is 1.72. The fourth-order valence-electron chi connectivity index (χ4n) is 4.75. The van der Waals surface area contributed by atoms with E-state index in [-0.39, 0.29) is 30.4 Å². The third-order valence-corrected chi connectivity index (χ3v) is 7.88. The molecule has 0 aliphatic carbocycles. The highest BCUT2D eigenvalue weighted by atomic mass is 32.1. The third kappa shape index (κ3) is 7.45. The molecule has 4 rings (SSSR count). The highest BCUT2D eigenvalue weighted by Crippen LogP contribution is 2.35. The number of rotatable bonds is 12. The Morgan fingerprint density at radius 3 is 2.34 bits per heavy atom. The lowest BCUT2D eigenvalue weighted by atomic mass is 10.00. The number of nitrogens with one attached hydrogen (secondary N) is 2. The molecule has 3 amide bonds. The summed E-state index contributed by atoms with van der Waals surface area (Å²) in [5.74, 6) is 0.0362. The van der Waals surface area contributed by atoms with E-state index in [1.165, 1.54) is 30.5 Å². The second-order valence-corrected chi connectivity index (χ2v) is 11.0. The lowest BCUT2D eigenvalue weighted by molar-refractivity contribution is -0.126. The Kier molecular flexibility index (Phi) is 10.4. The van der Waals surface area contributed by atoms with Gasteiger partial charge in [-0.15, -0.1) is 11.3 Å². The Hall–Kier alpha value is -3.89. The van der Waals surface area contributed by atoms with Crippen LogP contribution in [-0.4, -0.2) is 57.7 Å². The van der Waals surface area contributed by atoms with Crippen molar-refractivity contribution in [2.45, 2.75) is 44.8 Å². The van der Waals surface area contributed by atoms with E-state index in [0.717, 1.165) is 18.4 Å². The van der Waals surface area contributed by atoms with E-state index in [1.54, 1.807) is 35.7 Å². The standard InChI is InChI=1S/C31H37N3O6S/c1-20(2)21-9-12-23(13-10-21)34(28(35)19-33-30(36)27-8-6-16-41-27)29(31(37)32-18-24-7-5-15-40-24)22-11-14-25(38-3)26(17-22)39-4/h6,8-14,16-17,20,24,29H,5,7,15,18-19H2,1-4H3,(H,32,37)(H,33,36). The number of thiophene rings is 1. The average molecular weight is 580 g/mol. The molecular formula is C31H37N3O6S. The molecular weight excluding hydrogens is 542 g/mol. The number of carbonyl (C=O) groups is 3. The van der Waals surface area contributed by atoms with Crippen LogP contribution in [0.15, 0.2) is 60.0 Å². The molecule has 0 bridgehead atoms. The smallest absolute Gasteiger partial charge is 0.261 e. The van der Waals surface area contributed by atoms with E-state index in [9.17, 15) is 14.4 Å². The van der Waals surface area contributed by atoms with Gasteiger partial charge in [0, 0.05) is 18.8 Å². The topological polar surface area (TPSA) is 106 Å². The van der Waals surface area contributed by atoms with Crippen LogP contribution >= 0.6 is 11.3 Å². The van der Waals surface area contributed by atoms with Crippen molar-refractivity contribution in [2.24, 2.45) is 0 Å². The first-order valence-corrected chi connectivity index (χ1v) is 14.5. The zero-order valence-corrected chi connectivity index (χ0v) is 24.7. The van der Waals surface area contributed by atoms with Crippen molar-refractivity contribution in [1.29, 1.82) is 0 Å². The van der Waals surface area contributed by atoms with Gasteiger partial charge in [-0.3, -0.25) is 19.3 Å². The quantitative estimate of drug-likeness (QED) is 0.323. The van der Waals surface area contributed by atoms with E-state index >= 15 is 0 Å². The van der Waals surface area contributed by atoms with Gasteiger partial charge < -0.3 is 24.8 Å². The van der Waals surface area contributed by atoms with Crippen LogP contribution in [0, 0.1) is 0 Å². The number of amides is 3. The summed E-state index contributed by atoms with van der Waals surface area (Å²) in [4.78, 5) is 42.5. The van der Waals surface area contributed by atoms with E-state index in [4.69, 9.17) is 14.2 Å². The first-order chi connectivity index (χ1) is 19.8. The van der Waals surface area contributed by atoms with E-state index < -0.39 is 11.9 Å². The summed E-state index contributed by atoms with van der Waals surface area (Å²) in [6.45, 7) is 4.86. The van der Waals surface area contributed by atoms with Crippen LogP contribution < -0.4 is 25.0 Å². The van der Waals surface area contributed by atoms with Gasteiger partial charge in [0.05, 0.1) is 31.7 Å². The van der Waals surface area contributed by atoms with Gasteiger partial charge >= 0.3 is 0 Å². The van der Waals surface area contributed by atoms with Crippen LogP contribution in [0.25, 0.3) is 0 Å². The SMILES string of the molecule is COc1ccc(C(C(=O)NCC2CCCO2)N(C(=O)CNC(=O)c2cccs2)c2ccc(C(C)C)cc2)cc1OC. The normalized spacial score (nSPS) is 15.3. The van der Waals surface area contributed by atoms with E-state index in [0.29, 0.717) is 40.8 Å². The highest BCUT2D eigenvalue weighted by molar-refractivity contribution is 7.12. The molecule has 10 heteroatoms. The monoisotopic (exact) mass is 579 g/mol. The lowest BCUT2D eigenvalue weighted by Crippen LogP contribution is -2.48. The number of nitrogens with zero attached hydrogens (tertiary/aromatic N) is 1. The number of carbonyl (C=O) groups excluding carboxylic acids is 3. The van der Waals surface area contributed by atoms with E-state index in [1.807, 2.05) is 24.3 Å². The van der Waals surface area contributed by atoms with Crippen molar-refractivity contribution in [3.05, 3.63) is 76.0 Å². The van der Waals surface area contributed by atoms with Crippen LogP contribution in [0.4, 0.5) is 5.69 Å². The Morgan fingerprint density at radius 2 is 1.73 bits per heavy atom. The molecule has 3 aromatic rings. The third-order valence-electron chi connectivity index (χ3n) is 7.01. The number of hydrogen-bond acceptors (Lipinski definition) is 7. The van der Waals surface area contributed by atoms with Crippen molar-refractivity contribution in [3.63, 3.8) is 0 Å². The molecule has 0 saturated carbocycles. The molecule has 41 heavy (non-hydrogen) atoms. The Bertz CT molecular complexity index is 1320. The molecule has 2 unspecified atom stereocenters. The Morgan fingerprint density at radius 1 is 1.00 bits per heavy atom. The molecule has 0 spiro atoms. The maximum Gasteiger partial charge on any atom is 0.261 e. The minimum atomic E-state index is -1.06. The van der Waals surface area contributed by atoms with Gasteiger partial charge in [-0.2, -0.15) is 0 Å². The van der Waals surface area contributed by atoms with Gasteiger partial charge in [-0.05, 0) is 65.6 Å². The van der Waals surface area contributed by atoms with Gasteiger partial charge in [0.2, 0.25) is 11.8 Å². The largest absolute Gasteiger partial charge is 0.493 e. The number of methoxy groups -OCH3 is 2. The number of benzene rings is 2. The minimum absolute atomic E-state index is 0.0791. The predicted molar refractivity (Wildman–Crippen MR) is 159 cm³/mol. The first-order valence-electron chi connectivity index (χ1n) is 13.7. The van der Waals surface area contributed by atoms with Crippen LogP contribution in [0.5, 0.6) is 11.5 Å². The minimum Gasteiger partial charge on any atom is -0.493 e. The van der Waals surface area contributed by atoms with Gasteiger partial charge in [0.15, 0.2) is 11.5 Å². The zero-order chi connectivity index (χ0) is 29.4. The molecule has 2 aromatic carbocycles. The van der Waals surface area contributed by atoms with Crippen LogP contribution in [-0.2, 0) is 14.3 Å². The molecule has 2 atom stereocenters. The lowest BCUT2D eigenvalue weighted by Gasteiger charge is -2.32. The van der Waals surface area contributed by atoms with Crippen molar-refractivity contribution >= 4 is 34.7 Å². The molecule has 1 aliphatic rings. The summed E-state index contributed by atoms with van der Waals surface area (Å²) >= 11 is 1.29. The van der Waals surface area contributed by atoms with Gasteiger partial charge in [-0.25, -0.2) is 0 Å². The van der Waals surface area contributed by atoms with Crippen molar-refractivity contribution < 1.29 is 28.6 Å². The molecule has 0 radical (unpaired) electrons. The molecule has 1 aliphatic heterocycles. The Balaban J connectivity index is 1.73. The first kappa shape index (κ1) is 30.1. The zero-order valence-electron chi connectivity index (χ0n) is 23.8. The molecule has 1 aromatic heterocycles. The molecule has 2 N–H and O–H groups in total.